The summed E-state index contributed by atoms with van der Waals surface area (Å²) in [4.78, 5) is 17.6. The molecule has 5 rings (SSSR count). The van der Waals surface area contributed by atoms with Crippen LogP contribution in [0, 0.1) is 0 Å². The summed E-state index contributed by atoms with van der Waals surface area (Å²) in [6.07, 6.45) is 2.11. The number of pyridine rings is 1. The molecule has 5 aromatic rings. The minimum Gasteiger partial charge on any atom is -0.486 e. The van der Waals surface area contributed by atoms with Gasteiger partial charge in [0.1, 0.15) is 17.1 Å². The Kier molecular flexibility index (Phi) is 5.74. The third kappa shape index (κ3) is 4.16. The van der Waals surface area contributed by atoms with E-state index in [0.29, 0.717) is 34.6 Å². The molecule has 33 heavy (non-hydrogen) atoms. The number of aliphatic hydroxyl groups is 1. The van der Waals surface area contributed by atoms with Crippen molar-refractivity contribution in [1.29, 1.82) is 0 Å². The highest BCUT2D eigenvalue weighted by Gasteiger charge is 2.18. The monoisotopic (exact) mass is 439 g/mol. The topological polar surface area (TPSA) is 81.8 Å². The summed E-state index contributed by atoms with van der Waals surface area (Å²) in [6.45, 7) is 0.187. The summed E-state index contributed by atoms with van der Waals surface area (Å²) in [7, 11) is 0. The highest BCUT2D eigenvalue weighted by atomic mass is 16.5. The molecule has 0 aliphatic rings. The third-order valence-corrected chi connectivity index (χ3v) is 5.24. The highest BCUT2D eigenvalue weighted by Crippen LogP contribution is 2.34. The van der Waals surface area contributed by atoms with Crippen LogP contribution in [0.3, 0.4) is 0 Å². The summed E-state index contributed by atoms with van der Waals surface area (Å²) in [5, 5.41) is 10.4. The number of hydrogen-bond acceptors (Lipinski definition) is 6. The number of aromatic nitrogens is 1. The van der Waals surface area contributed by atoms with Gasteiger partial charge in [0.25, 0.3) is 0 Å². The van der Waals surface area contributed by atoms with Gasteiger partial charge in [0, 0.05) is 36.2 Å². The van der Waals surface area contributed by atoms with Gasteiger partial charge in [0.15, 0.2) is 5.76 Å². The van der Waals surface area contributed by atoms with Gasteiger partial charge < -0.3 is 19.0 Å². The van der Waals surface area contributed by atoms with E-state index >= 15 is 0 Å². The second-order valence-corrected chi connectivity index (χ2v) is 7.47. The molecule has 0 saturated heterocycles. The summed E-state index contributed by atoms with van der Waals surface area (Å²) >= 11 is 0. The van der Waals surface area contributed by atoms with Crippen molar-refractivity contribution in [2.75, 3.05) is 13.2 Å². The Morgan fingerprint density at radius 2 is 1.73 bits per heavy atom. The standard InChI is InChI=1S/C27H21NO5/c29-15-6-16-31-27-25(30)21-12-11-19(17-24(21)33-26(27)18-7-2-1-3-8-18)32-23-13-14-28-22-10-5-4-9-20(22)23/h1-5,7-14,17,29H,6,15-16H2. The molecule has 0 saturated carbocycles. The zero-order valence-electron chi connectivity index (χ0n) is 17.7. The number of fused-ring (bicyclic) bond motifs is 2. The zero-order valence-corrected chi connectivity index (χ0v) is 17.7. The van der Waals surface area contributed by atoms with Gasteiger partial charge in [-0.2, -0.15) is 0 Å². The van der Waals surface area contributed by atoms with Crippen LogP contribution in [0.4, 0.5) is 0 Å². The van der Waals surface area contributed by atoms with Crippen LogP contribution >= 0.6 is 0 Å². The number of hydrogen-bond donors (Lipinski definition) is 1. The molecule has 0 bridgehead atoms. The smallest absolute Gasteiger partial charge is 0.235 e. The van der Waals surface area contributed by atoms with Crippen LogP contribution in [0.25, 0.3) is 33.2 Å². The van der Waals surface area contributed by atoms with Crippen LogP contribution in [0.2, 0.25) is 0 Å². The van der Waals surface area contributed by atoms with Gasteiger partial charge in [0.2, 0.25) is 11.2 Å². The lowest BCUT2D eigenvalue weighted by molar-refractivity contribution is 0.231. The van der Waals surface area contributed by atoms with E-state index in [4.69, 9.17) is 19.0 Å². The van der Waals surface area contributed by atoms with E-state index in [0.717, 1.165) is 16.5 Å². The van der Waals surface area contributed by atoms with Crippen LogP contribution in [-0.2, 0) is 0 Å². The van der Waals surface area contributed by atoms with Crippen LogP contribution in [0.5, 0.6) is 17.2 Å². The molecule has 0 atom stereocenters. The van der Waals surface area contributed by atoms with E-state index in [2.05, 4.69) is 4.98 Å². The molecule has 1 N–H and O–H groups in total. The maximum atomic E-state index is 13.3. The zero-order chi connectivity index (χ0) is 22.6. The maximum Gasteiger partial charge on any atom is 0.235 e. The van der Waals surface area contributed by atoms with Crippen LogP contribution in [0.15, 0.2) is 94.3 Å². The molecule has 0 unspecified atom stereocenters. The Morgan fingerprint density at radius 1 is 0.909 bits per heavy atom. The highest BCUT2D eigenvalue weighted by molar-refractivity contribution is 5.86. The number of rotatable bonds is 7. The summed E-state index contributed by atoms with van der Waals surface area (Å²) in [5.74, 6) is 1.68. The van der Waals surface area contributed by atoms with E-state index in [-0.39, 0.29) is 24.4 Å². The number of aliphatic hydroxyl groups excluding tert-OH is 1. The van der Waals surface area contributed by atoms with Crippen LogP contribution in [0.1, 0.15) is 6.42 Å². The average Bonchev–Trinajstić information content (AvgIpc) is 2.86. The SMILES string of the molecule is O=c1c(OCCCO)c(-c2ccccc2)oc2cc(Oc3ccnc4ccccc34)ccc12. The second kappa shape index (κ2) is 9.14. The summed E-state index contributed by atoms with van der Waals surface area (Å²) in [5.41, 5.74) is 1.68. The fraction of sp³-hybridized carbons (Fsp3) is 0.111. The Hall–Kier alpha value is -4.16. The average molecular weight is 439 g/mol. The van der Waals surface area contributed by atoms with Crippen LogP contribution in [-0.4, -0.2) is 23.3 Å². The van der Waals surface area contributed by atoms with E-state index in [1.54, 1.807) is 30.5 Å². The predicted molar refractivity (Wildman–Crippen MR) is 127 cm³/mol. The number of para-hydroxylation sites is 1. The van der Waals surface area contributed by atoms with Gasteiger partial charge in [-0.15, -0.1) is 0 Å². The first-order chi connectivity index (χ1) is 16.2. The van der Waals surface area contributed by atoms with Crippen molar-refractivity contribution in [3.8, 4) is 28.6 Å². The van der Waals surface area contributed by atoms with Crippen molar-refractivity contribution in [3.05, 3.63) is 95.3 Å². The molecule has 0 radical (unpaired) electrons. The van der Waals surface area contributed by atoms with Crippen molar-refractivity contribution in [1.82, 2.24) is 4.98 Å². The van der Waals surface area contributed by atoms with E-state index in [1.807, 2.05) is 54.6 Å². The Bertz CT molecular complexity index is 1470. The van der Waals surface area contributed by atoms with E-state index in [1.165, 1.54) is 0 Å². The van der Waals surface area contributed by atoms with Gasteiger partial charge in [0.05, 0.1) is 17.5 Å². The first-order valence-electron chi connectivity index (χ1n) is 10.7. The molecular formula is C27H21NO5. The lowest BCUT2D eigenvalue weighted by Gasteiger charge is -2.13. The van der Waals surface area contributed by atoms with Gasteiger partial charge in [-0.3, -0.25) is 9.78 Å². The molecule has 6 heteroatoms. The molecule has 2 heterocycles. The first-order valence-corrected chi connectivity index (χ1v) is 10.7. The van der Waals surface area contributed by atoms with Gasteiger partial charge in [-0.05, 0) is 30.3 Å². The normalized spacial score (nSPS) is 11.1. The second-order valence-electron chi connectivity index (χ2n) is 7.47. The Labute approximate surface area is 189 Å². The van der Waals surface area contributed by atoms with Gasteiger partial charge >= 0.3 is 0 Å². The third-order valence-electron chi connectivity index (χ3n) is 5.24. The first kappa shape index (κ1) is 20.7. The van der Waals surface area contributed by atoms with E-state index in [9.17, 15) is 4.79 Å². The van der Waals surface area contributed by atoms with E-state index < -0.39 is 0 Å². The molecule has 164 valence electrons. The quantitative estimate of drug-likeness (QED) is 0.334. The molecule has 3 aromatic carbocycles. The Balaban J connectivity index is 1.60. The van der Waals surface area contributed by atoms with Gasteiger partial charge in [-0.1, -0.05) is 42.5 Å². The molecular weight excluding hydrogens is 418 g/mol. The minimum absolute atomic E-state index is 0.0238. The van der Waals surface area contributed by atoms with Crippen molar-refractivity contribution in [3.63, 3.8) is 0 Å². The number of ether oxygens (including phenoxy) is 2. The van der Waals surface area contributed by atoms with Gasteiger partial charge in [-0.25, -0.2) is 0 Å². The molecule has 0 fully saturated rings. The fourth-order valence-electron chi connectivity index (χ4n) is 3.65. The number of nitrogens with zero attached hydrogens (tertiary/aromatic N) is 1. The molecule has 0 spiro atoms. The maximum absolute atomic E-state index is 13.3. The lowest BCUT2D eigenvalue weighted by atomic mass is 10.1. The minimum atomic E-state index is -0.269. The Morgan fingerprint density at radius 3 is 2.58 bits per heavy atom. The molecule has 2 aromatic heterocycles. The largest absolute Gasteiger partial charge is 0.486 e. The fourth-order valence-corrected chi connectivity index (χ4v) is 3.65. The van der Waals surface area contributed by atoms with Crippen molar-refractivity contribution in [2.24, 2.45) is 0 Å². The van der Waals surface area contributed by atoms with Crippen LogP contribution < -0.4 is 14.9 Å². The lowest BCUT2D eigenvalue weighted by Crippen LogP contribution is -2.12. The predicted octanol–water partition coefficient (Wildman–Crippen LogP) is 5.56. The van der Waals surface area contributed by atoms with Crippen molar-refractivity contribution >= 4 is 21.9 Å². The summed E-state index contributed by atoms with van der Waals surface area (Å²) in [6, 6.07) is 24.0. The van der Waals surface area contributed by atoms with Crippen molar-refractivity contribution in [2.45, 2.75) is 6.42 Å². The summed E-state index contributed by atoms with van der Waals surface area (Å²) < 4.78 is 18.1. The molecule has 0 aliphatic heterocycles. The molecule has 6 nitrogen and oxygen atoms in total. The molecule has 0 aliphatic carbocycles. The molecule has 0 amide bonds. The van der Waals surface area contributed by atoms with Crippen molar-refractivity contribution < 1.29 is 19.0 Å². The number of benzene rings is 3.